The van der Waals surface area contributed by atoms with Crippen LogP contribution in [-0.4, -0.2) is 19.3 Å². The minimum absolute atomic E-state index is 0.0635. The number of amides is 1. The molecule has 28 heavy (non-hydrogen) atoms. The maximum Gasteiger partial charge on any atom is 0.238 e. The first-order valence-corrected chi connectivity index (χ1v) is 10.3. The van der Waals surface area contributed by atoms with Gasteiger partial charge in [-0.3, -0.25) is 9.78 Å². The molecule has 1 amide bonds. The van der Waals surface area contributed by atoms with Gasteiger partial charge in [0.2, 0.25) is 15.9 Å². The molecule has 3 rings (SSSR count). The lowest BCUT2D eigenvalue weighted by molar-refractivity contribution is -0.115. The normalized spacial score (nSPS) is 11.2. The van der Waals surface area contributed by atoms with Crippen LogP contribution in [0.15, 0.2) is 65.7 Å². The van der Waals surface area contributed by atoms with Gasteiger partial charge in [-0.1, -0.05) is 41.9 Å². The van der Waals surface area contributed by atoms with Gasteiger partial charge in [0.15, 0.2) is 0 Å². The van der Waals surface area contributed by atoms with Gasteiger partial charge in [-0.2, -0.15) is 0 Å². The molecule has 144 valence electrons. The van der Waals surface area contributed by atoms with E-state index in [0.29, 0.717) is 27.4 Å². The maximum atomic E-state index is 12.3. The fourth-order valence-corrected chi connectivity index (χ4v) is 3.71. The van der Waals surface area contributed by atoms with Gasteiger partial charge in [-0.15, -0.1) is 0 Å². The molecule has 0 radical (unpaired) electrons. The van der Waals surface area contributed by atoms with Gasteiger partial charge in [-0.05, 0) is 36.8 Å². The summed E-state index contributed by atoms with van der Waals surface area (Å²) in [6.45, 7) is 1.84. The van der Waals surface area contributed by atoms with Crippen LogP contribution in [0.3, 0.4) is 0 Å². The highest BCUT2D eigenvalue weighted by atomic mass is 35.5. The number of sulfonamides is 1. The number of aromatic nitrogens is 1. The molecule has 1 aromatic heterocycles. The Hall–Kier alpha value is -2.74. The summed E-state index contributed by atoms with van der Waals surface area (Å²) in [5.74, 6) is -0.321. The number of halogens is 1. The van der Waals surface area contributed by atoms with E-state index in [1.54, 1.807) is 54.7 Å². The third-order valence-electron chi connectivity index (χ3n) is 4.10. The van der Waals surface area contributed by atoms with E-state index in [1.165, 1.54) is 6.07 Å². The van der Waals surface area contributed by atoms with E-state index in [2.05, 4.69) is 10.3 Å². The summed E-state index contributed by atoms with van der Waals surface area (Å²) in [5.41, 5.74) is 2.84. The molecule has 3 aromatic rings. The van der Waals surface area contributed by atoms with Gasteiger partial charge in [0.25, 0.3) is 0 Å². The lowest BCUT2D eigenvalue weighted by Gasteiger charge is -2.12. The highest BCUT2D eigenvalue weighted by Gasteiger charge is 2.17. The van der Waals surface area contributed by atoms with Crippen molar-refractivity contribution in [2.24, 2.45) is 5.14 Å². The Balaban J connectivity index is 1.90. The van der Waals surface area contributed by atoms with Gasteiger partial charge in [-0.25, -0.2) is 13.6 Å². The quantitative estimate of drug-likeness (QED) is 0.665. The monoisotopic (exact) mass is 415 g/mol. The van der Waals surface area contributed by atoms with Crippen molar-refractivity contribution in [3.63, 3.8) is 0 Å². The van der Waals surface area contributed by atoms with Crippen LogP contribution in [0.25, 0.3) is 11.1 Å². The zero-order chi connectivity index (χ0) is 20.3. The molecule has 0 fully saturated rings. The number of carbonyl (C=O) groups excluding carboxylic acids is 1. The zero-order valence-electron chi connectivity index (χ0n) is 15.0. The maximum absolute atomic E-state index is 12.3. The van der Waals surface area contributed by atoms with Crippen molar-refractivity contribution in [3.05, 3.63) is 77.1 Å². The van der Waals surface area contributed by atoms with Crippen molar-refractivity contribution in [2.75, 3.05) is 5.32 Å². The highest BCUT2D eigenvalue weighted by Crippen LogP contribution is 2.29. The number of nitrogens with one attached hydrogen (secondary N) is 1. The Kier molecular flexibility index (Phi) is 5.79. The second-order valence-electron chi connectivity index (χ2n) is 6.26. The smallest absolute Gasteiger partial charge is 0.238 e. The molecule has 0 aliphatic heterocycles. The van der Waals surface area contributed by atoms with Gasteiger partial charge in [0, 0.05) is 33.7 Å². The Labute approximate surface area is 168 Å². The van der Waals surface area contributed by atoms with Crippen LogP contribution in [0.1, 0.15) is 11.3 Å². The Morgan fingerprint density at radius 2 is 1.89 bits per heavy atom. The summed E-state index contributed by atoms with van der Waals surface area (Å²) < 4.78 is 24.2. The first-order chi connectivity index (χ1) is 13.2. The number of aryl methyl sites for hydroxylation is 1. The van der Waals surface area contributed by atoms with E-state index >= 15 is 0 Å². The molecule has 0 spiro atoms. The third kappa shape index (κ3) is 4.75. The van der Waals surface area contributed by atoms with Gasteiger partial charge in [0.1, 0.15) is 0 Å². The summed E-state index contributed by atoms with van der Waals surface area (Å²) in [4.78, 5) is 16.4. The van der Waals surface area contributed by atoms with Crippen molar-refractivity contribution < 1.29 is 13.2 Å². The topological polar surface area (TPSA) is 102 Å². The SMILES string of the molecule is Cc1ccc(-c2ccc(NC(=O)Cc3ccccc3Cl)cc2S(N)(=O)=O)cn1. The van der Waals surface area contributed by atoms with Crippen molar-refractivity contribution in [3.8, 4) is 11.1 Å². The number of anilines is 1. The van der Waals surface area contributed by atoms with Crippen molar-refractivity contribution in [1.29, 1.82) is 0 Å². The average Bonchev–Trinajstić information content (AvgIpc) is 2.64. The third-order valence-corrected chi connectivity index (χ3v) is 5.42. The molecule has 0 aliphatic carbocycles. The second-order valence-corrected chi connectivity index (χ2v) is 8.20. The molecule has 2 aromatic carbocycles. The predicted octanol–water partition coefficient (Wildman–Crippen LogP) is 3.54. The summed E-state index contributed by atoms with van der Waals surface area (Å²) in [6, 6.07) is 15.1. The summed E-state index contributed by atoms with van der Waals surface area (Å²) in [7, 11) is -4.02. The average molecular weight is 416 g/mol. The molecule has 3 N–H and O–H groups in total. The van der Waals surface area contributed by atoms with Crippen LogP contribution in [0.2, 0.25) is 5.02 Å². The largest absolute Gasteiger partial charge is 0.326 e. The predicted molar refractivity (Wildman–Crippen MR) is 110 cm³/mol. The van der Waals surface area contributed by atoms with E-state index in [-0.39, 0.29) is 17.2 Å². The fourth-order valence-electron chi connectivity index (χ4n) is 2.72. The number of rotatable bonds is 5. The molecule has 0 atom stereocenters. The van der Waals surface area contributed by atoms with Crippen LogP contribution >= 0.6 is 11.6 Å². The standard InChI is InChI=1S/C20H18ClN3O3S/c1-13-6-7-15(12-23-13)17-9-8-16(11-19(17)28(22,26)27)24-20(25)10-14-4-2-3-5-18(14)21/h2-9,11-12H,10H2,1H3,(H,24,25)(H2,22,26,27). The first kappa shape index (κ1) is 20.0. The number of primary sulfonamides is 1. The van der Waals surface area contributed by atoms with Crippen molar-refractivity contribution in [1.82, 2.24) is 4.98 Å². The van der Waals surface area contributed by atoms with Crippen LogP contribution < -0.4 is 10.5 Å². The number of benzene rings is 2. The van der Waals surface area contributed by atoms with Crippen LogP contribution in [-0.2, 0) is 21.2 Å². The molecular formula is C20H18ClN3O3S. The molecule has 0 aliphatic rings. The van der Waals surface area contributed by atoms with Crippen LogP contribution in [0.4, 0.5) is 5.69 Å². The number of nitrogens with zero attached hydrogens (tertiary/aromatic N) is 1. The van der Waals surface area contributed by atoms with Crippen LogP contribution in [0.5, 0.6) is 0 Å². The molecular weight excluding hydrogens is 398 g/mol. The molecule has 0 saturated heterocycles. The minimum Gasteiger partial charge on any atom is -0.326 e. The number of nitrogens with two attached hydrogens (primary N) is 1. The lowest BCUT2D eigenvalue weighted by Crippen LogP contribution is -2.17. The molecule has 0 unspecified atom stereocenters. The van der Waals surface area contributed by atoms with Crippen molar-refractivity contribution >= 4 is 33.2 Å². The van der Waals surface area contributed by atoms with Gasteiger partial charge in [0.05, 0.1) is 11.3 Å². The van der Waals surface area contributed by atoms with E-state index in [4.69, 9.17) is 16.7 Å². The summed E-state index contributed by atoms with van der Waals surface area (Å²) in [6.07, 6.45) is 1.64. The molecule has 1 heterocycles. The van der Waals surface area contributed by atoms with E-state index < -0.39 is 10.0 Å². The Morgan fingerprint density at radius 3 is 2.54 bits per heavy atom. The van der Waals surface area contributed by atoms with Gasteiger partial charge >= 0.3 is 0 Å². The molecule has 6 nitrogen and oxygen atoms in total. The molecule has 0 bridgehead atoms. The summed E-state index contributed by atoms with van der Waals surface area (Å²) >= 11 is 6.07. The Morgan fingerprint density at radius 1 is 1.14 bits per heavy atom. The fraction of sp³-hybridized carbons (Fsp3) is 0.100. The lowest BCUT2D eigenvalue weighted by atomic mass is 10.1. The van der Waals surface area contributed by atoms with Gasteiger partial charge < -0.3 is 5.32 Å². The second kappa shape index (κ2) is 8.10. The minimum atomic E-state index is -4.02. The van der Waals surface area contributed by atoms with Crippen molar-refractivity contribution in [2.45, 2.75) is 18.2 Å². The van der Waals surface area contributed by atoms with E-state index in [9.17, 15) is 13.2 Å². The summed E-state index contributed by atoms with van der Waals surface area (Å²) in [5, 5.41) is 8.57. The van der Waals surface area contributed by atoms with Crippen LogP contribution in [0, 0.1) is 6.92 Å². The number of carbonyl (C=O) groups is 1. The first-order valence-electron chi connectivity index (χ1n) is 8.37. The number of pyridine rings is 1. The highest BCUT2D eigenvalue weighted by molar-refractivity contribution is 7.89. The Bertz CT molecular complexity index is 1130. The number of hydrogen-bond acceptors (Lipinski definition) is 4. The van der Waals surface area contributed by atoms with E-state index in [0.717, 1.165) is 5.69 Å². The van der Waals surface area contributed by atoms with E-state index in [1.807, 2.05) is 6.92 Å². The zero-order valence-corrected chi connectivity index (χ0v) is 16.6. The molecule has 8 heteroatoms. The molecule has 0 saturated carbocycles. The number of hydrogen-bond donors (Lipinski definition) is 2.